The molecule has 8 nitrogen and oxygen atoms in total. The van der Waals surface area contributed by atoms with Gasteiger partial charge in [-0.25, -0.2) is 4.99 Å². The van der Waals surface area contributed by atoms with E-state index < -0.39 is 0 Å². The second-order valence-electron chi connectivity index (χ2n) is 7.15. The number of guanidine groups is 1. The van der Waals surface area contributed by atoms with Crippen LogP contribution in [0.4, 0.5) is 5.69 Å². The van der Waals surface area contributed by atoms with E-state index in [0.29, 0.717) is 37.8 Å². The van der Waals surface area contributed by atoms with Crippen LogP contribution in [0.15, 0.2) is 47.5 Å². The molecule has 0 spiro atoms. The lowest BCUT2D eigenvalue weighted by atomic mass is 10.1. The summed E-state index contributed by atoms with van der Waals surface area (Å²) in [6, 6.07) is 12.8. The number of aliphatic imine (C=N–C) groups is 1. The third-order valence-corrected chi connectivity index (χ3v) is 4.79. The molecule has 2 N–H and O–H groups in total. The first-order valence-electron chi connectivity index (χ1n) is 10.1. The van der Waals surface area contributed by atoms with Crippen molar-refractivity contribution < 1.29 is 14.4 Å². The molecule has 0 aromatic heterocycles. The maximum Gasteiger partial charge on any atom is 0.274 e. The van der Waals surface area contributed by atoms with Crippen LogP contribution in [0.25, 0.3) is 0 Å². The minimum Gasteiger partial charge on any atom is -0.488 e. The van der Waals surface area contributed by atoms with Gasteiger partial charge in [0.15, 0.2) is 5.96 Å². The summed E-state index contributed by atoms with van der Waals surface area (Å²) >= 11 is 0. The zero-order chi connectivity index (χ0) is 21.3. The topological polar surface area (TPSA) is 98.0 Å². The Morgan fingerprint density at radius 3 is 2.83 bits per heavy atom. The number of hydrogen-bond acceptors (Lipinski definition) is 5. The third kappa shape index (κ3) is 5.93. The van der Waals surface area contributed by atoms with E-state index in [1.807, 2.05) is 32.0 Å². The quantitative estimate of drug-likeness (QED) is 0.299. The molecule has 30 heavy (non-hydrogen) atoms. The molecule has 2 aromatic carbocycles. The monoisotopic (exact) mass is 412 g/mol. The molecule has 1 fully saturated rings. The summed E-state index contributed by atoms with van der Waals surface area (Å²) in [5.41, 5.74) is 2.80. The maximum atomic E-state index is 11.2. The predicted molar refractivity (Wildman–Crippen MR) is 116 cm³/mol. The van der Waals surface area contributed by atoms with Crippen molar-refractivity contribution in [1.29, 1.82) is 0 Å². The van der Waals surface area contributed by atoms with Crippen LogP contribution in [0.3, 0.4) is 0 Å². The highest BCUT2D eigenvalue weighted by atomic mass is 16.6. The minimum atomic E-state index is -0.371. The van der Waals surface area contributed by atoms with E-state index in [0.717, 1.165) is 29.9 Å². The van der Waals surface area contributed by atoms with E-state index in [-0.39, 0.29) is 16.7 Å². The molecule has 2 aromatic rings. The Hall–Kier alpha value is -3.13. The van der Waals surface area contributed by atoms with E-state index in [4.69, 9.17) is 9.47 Å². The van der Waals surface area contributed by atoms with E-state index in [1.54, 1.807) is 18.2 Å². The molecule has 1 unspecified atom stereocenters. The van der Waals surface area contributed by atoms with Gasteiger partial charge in [-0.2, -0.15) is 0 Å². The van der Waals surface area contributed by atoms with Gasteiger partial charge in [0.05, 0.1) is 24.7 Å². The van der Waals surface area contributed by atoms with Crippen LogP contribution in [0.1, 0.15) is 30.0 Å². The Bertz CT molecular complexity index is 894. The Kier molecular flexibility index (Phi) is 7.62. The van der Waals surface area contributed by atoms with Gasteiger partial charge in [-0.15, -0.1) is 0 Å². The van der Waals surface area contributed by atoms with Crippen molar-refractivity contribution in [3.63, 3.8) is 0 Å². The van der Waals surface area contributed by atoms with Crippen LogP contribution < -0.4 is 15.4 Å². The number of nitrogens with zero attached hydrogens (tertiary/aromatic N) is 2. The van der Waals surface area contributed by atoms with E-state index in [2.05, 4.69) is 15.6 Å². The molecule has 1 aliphatic rings. The molecule has 1 saturated heterocycles. The Morgan fingerprint density at radius 1 is 1.27 bits per heavy atom. The van der Waals surface area contributed by atoms with Crippen molar-refractivity contribution in [3.05, 3.63) is 69.3 Å². The van der Waals surface area contributed by atoms with Crippen LogP contribution in [-0.4, -0.2) is 36.7 Å². The summed E-state index contributed by atoms with van der Waals surface area (Å²) in [5.74, 6) is 1.41. The third-order valence-electron chi connectivity index (χ3n) is 4.79. The predicted octanol–water partition coefficient (Wildman–Crippen LogP) is 3.33. The van der Waals surface area contributed by atoms with Gasteiger partial charge in [0, 0.05) is 36.7 Å². The number of aryl methyl sites for hydroxylation is 1. The molecule has 160 valence electrons. The normalized spacial score (nSPS) is 16.3. The minimum absolute atomic E-state index is 0.0690. The lowest BCUT2D eigenvalue weighted by molar-refractivity contribution is -0.385. The molecule has 0 amide bonds. The lowest BCUT2D eigenvalue weighted by Gasteiger charge is -2.16. The van der Waals surface area contributed by atoms with Crippen molar-refractivity contribution in [1.82, 2.24) is 10.6 Å². The highest BCUT2D eigenvalue weighted by molar-refractivity contribution is 5.79. The Balaban J connectivity index is 1.71. The fraction of sp³-hybridized carbons (Fsp3) is 0.409. The largest absolute Gasteiger partial charge is 0.488 e. The molecule has 1 aliphatic heterocycles. The number of benzene rings is 2. The van der Waals surface area contributed by atoms with Gasteiger partial charge in [-0.05, 0) is 25.5 Å². The van der Waals surface area contributed by atoms with Crippen molar-refractivity contribution in [2.75, 3.05) is 19.8 Å². The highest BCUT2D eigenvalue weighted by Gasteiger charge is 2.19. The molecule has 0 radical (unpaired) electrons. The number of ether oxygens (including phenoxy) is 2. The first-order chi connectivity index (χ1) is 14.6. The first-order valence-corrected chi connectivity index (χ1v) is 10.1. The van der Waals surface area contributed by atoms with Gasteiger partial charge in [0.1, 0.15) is 11.9 Å². The molecule has 0 aliphatic carbocycles. The second-order valence-corrected chi connectivity index (χ2v) is 7.15. The van der Waals surface area contributed by atoms with Gasteiger partial charge >= 0.3 is 0 Å². The first kappa shape index (κ1) is 21.6. The fourth-order valence-corrected chi connectivity index (χ4v) is 3.21. The van der Waals surface area contributed by atoms with Crippen molar-refractivity contribution in [3.8, 4) is 5.75 Å². The summed E-state index contributed by atoms with van der Waals surface area (Å²) in [7, 11) is 0. The van der Waals surface area contributed by atoms with Gasteiger partial charge in [-0.1, -0.05) is 30.3 Å². The molecule has 1 heterocycles. The number of nitro benzene ring substituents is 1. The van der Waals surface area contributed by atoms with Crippen LogP contribution in [0.5, 0.6) is 5.75 Å². The molecule has 8 heteroatoms. The summed E-state index contributed by atoms with van der Waals surface area (Å²) in [4.78, 5) is 15.5. The summed E-state index contributed by atoms with van der Waals surface area (Å²) < 4.78 is 11.6. The summed E-state index contributed by atoms with van der Waals surface area (Å²) in [6.07, 6.45) is 0.955. The van der Waals surface area contributed by atoms with Crippen molar-refractivity contribution >= 4 is 11.6 Å². The van der Waals surface area contributed by atoms with E-state index in [1.165, 1.54) is 6.07 Å². The number of para-hydroxylation sites is 1. The molecule has 1 atom stereocenters. The van der Waals surface area contributed by atoms with E-state index in [9.17, 15) is 10.1 Å². The smallest absolute Gasteiger partial charge is 0.274 e. The molecule has 3 rings (SSSR count). The number of hydrogen-bond donors (Lipinski definition) is 2. The van der Waals surface area contributed by atoms with Crippen LogP contribution in [-0.2, 0) is 17.8 Å². The van der Waals surface area contributed by atoms with Crippen LogP contribution >= 0.6 is 0 Å². The van der Waals surface area contributed by atoms with Gasteiger partial charge < -0.3 is 20.1 Å². The fourth-order valence-electron chi connectivity index (χ4n) is 3.21. The summed E-state index contributed by atoms with van der Waals surface area (Å²) in [6.45, 7) is 6.75. The SMILES string of the molecule is CCNC(=NCc1ccc(C)cc1OC1CCOC1)NCc1ccccc1[N+](=O)[O-]. The van der Waals surface area contributed by atoms with Crippen molar-refractivity contribution in [2.45, 2.75) is 39.5 Å². The van der Waals surface area contributed by atoms with Crippen LogP contribution in [0.2, 0.25) is 0 Å². The number of nitro groups is 1. The second kappa shape index (κ2) is 10.6. The molecule has 0 bridgehead atoms. The zero-order valence-electron chi connectivity index (χ0n) is 17.4. The molecular weight excluding hydrogens is 384 g/mol. The maximum absolute atomic E-state index is 11.2. The molecular formula is C22H28N4O4. The number of rotatable bonds is 8. The average molecular weight is 412 g/mol. The summed E-state index contributed by atoms with van der Waals surface area (Å²) in [5, 5.41) is 17.6. The van der Waals surface area contributed by atoms with E-state index >= 15 is 0 Å². The van der Waals surface area contributed by atoms with Gasteiger partial charge in [0.25, 0.3) is 5.69 Å². The highest BCUT2D eigenvalue weighted by Crippen LogP contribution is 2.24. The van der Waals surface area contributed by atoms with Gasteiger partial charge in [0.2, 0.25) is 0 Å². The van der Waals surface area contributed by atoms with Crippen molar-refractivity contribution in [2.24, 2.45) is 4.99 Å². The standard InChI is InChI=1S/C22H28N4O4/c1-3-23-22(24-13-17-6-4-5-7-20(17)26(27)28)25-14-18-9-8-16(2)12-21(18)30-19-10-11-29-15-19/h4-9,12,19H,3,10-11,13-15H2,1-2H3,(H2,23,24,25). The number of nitrogens with one attached hydrogen (secondary N) is 2. The average Bonchev–Trinajstić information content (AvgIpc) is 3.24. The Labute approximate surface area is 176 Å². The van der Waals surface area contributed by atoms with Crippen LogP contribution in [0, 0.1) is 17.0 Å². The zero-order valence-corrected chi connectivity index (χ0v) is 17.4. The Morgan fingerprint density at radius 2 is 2.10 bits per heavy atom. The lowest BCUT2D eigenvalue weighted by Crippen LogP contribution is -2.36. The molecule has 0 saturated carbocycles. The van der Waals surface area contributed by atoms with Gasteiger partial charge in [-0.3, -0.25) is 10.1 Å².